The number of amides is 1. The van der Waals surface area contributed by atoms with Crippen molar-refractivity contribution < 1.29 is 4.79 Å². The Morgan fingerprint density at radius 1 is 1.53 bits per heavy atom. The summed E-state index contributed by atoms with van der Waals surface area (Å²) in [4.78, 5) is 13.2. The van der Waals surface area contributed by atoms with Crippen molar-refractivity contribution in [2.45, 2.75) is 13.8 Å². The van der Waals surface area contributed by atoms with Crippen molar-refractivity contribution in [2.24, 2.45) is 0 Å². The van der Waals surface area contributed by atoms with Crippen LogP contribution in [0.15, 0.2) is 18.2 Å². The molecule has 0 aliphatic heterocycles. The number of carbonyl (C=O) groups excluding carboxylic acids is 1. The molecule has 0 fully saturated rings. The Morgan fingerprint density at radius 2 is 2.24 bits per heavy atom. The number of aryl methyl sites for hydroxylation is 1. The zero-order chi connectivity index (χ0) is 12.8. The minimum Gasteiger partial charge on any atom is -0.376 e. The molecular formula is C13H17N3O. The molecule has 1 N–H and O–H groups in total. The van der Waals surface area contributed by atoms with Crippen LogP contribution in [0.1, 0.15) is 18.1 Å². The summed E-state index contributed by atoms with van der Waals surface area (Å²) in [5, 5.41) is 11.9. The average Bonchev–Trinajstić information content (AvgIpc) is 2.35. The van der Waals surface area contributed by atoms with Crippen molar-refractivity contribution in [3.05, 3.63) is 29.3 Å². The fraction of sp³-hybridized carbons (Fsp3) is 0.385. The molecular weight excluding hydrogens is 214 g/mol. The van der Waals surface area contributed by atoms with Gasteiger partial charge in [0, 0.05) is 19.3 Å². The Hall–Kier alpha value is -2.02. The summed E-state index contributed by atoms with van der Waals surface area (Å²) in [5.74, 6) is 0.0505. The highest BCUT2D eigenvalue weighted by Crippen LogP contribution is 2.13. The molecule has 0 saturated carbocycles. The fourth-order valence-electron chi connectivity index (χ4n) is 1.39. The van der Waals surface area contributed by atoms with E-state index in [-0.39, 0.29) is 12.5 Å². The Labute approximate surface area is 102 Å². The molecule has 0 aliphatic carbocycles. The van der Waals surface area contributed by atoms with Crippen LogP contribution in [0.3, 0.4) is 0 Å². The molecule has 0 saturated heterocycles. The number of rotatable bonds is 4. The first-order valence-corrected chi connectivity index (χ1v) is 5.57. The summed E-state index contributed by atoms with van der Waals surface area (Å²) in [6.07, 6.45) is 0. The van der Waals surface area contributed by atoms with Gasteiger partial charge in [0.15, 0.2) is 0 Å². The molecule has 0 aliphatic rings. The number of nitrogens with zero attached hydrogens (tertiary/aromatic N) is 2. The number of benzene rings is 1. The lowest BCUT2D eigenvalue weighted by Gasteiger charge is -2.15. The Balaban J connectivity index is 2.62. The van der Waals surface area contributed by atoms with Crippen LogP contribution < -0.4 is 5.32 Å². The van der Waals surface area contributed by atoms with E-state index < -0.39 is 0 Å². The molecule has 17 heavy (non-hydrogen) atoms. The van der Waals surface area contributed by atoms with Gasteiger partial charge in [-0.2, -0.15) is 5.26 Å². The number of hydrogen-bond donors (Lipinski definition) is 1. The highest BCUT2D eigenvalue weighted by atomic mass is 16.2. The zero-order valence-corrected chi connectivity index (χ0v) is 10.4. The van der Waals surface area contributed by atoms with E-state index in [4.69, 9.17) is 5.26 Å². The largest absolute Gasteiger partial charge is 0.376 e. The molecule has 4 heteroatoms. The van der Waals surface area contributed by atoms with Gasteiger partial charge in [-0.25, -0.2) is 0 Å². The van der Waals surface area contributed by atoms with Gasteiger partial charge in [0.05, 0.1) is 18.2 Å². The van der Waals surface area contributed by atoms with Gasteiger partial charge in [-0.1, -0.05) is 0 Å². The van der Waals surface area contributed by atoms with Gasteiger partial charge < -0.3 is 10.2 Å². The van der Waals surface area contributed by atoms with E-state index in [1.54, 1.807) is 18.0 Å². The lowest BCUT2D eigenvalue weighted by atomic mass is 10.1. The summed E-state index contributed by atoms with van der Waals surface area (Å²) < 4.78 is 0. The van der Waals surface area contributed by atoms with Gasteiger partial charge >= 0.3 is 0 Å². The molecule has 0 bridgehead atoms. The molecule has 0 unspecified atom stereocenters. The minimum atomic E-state index is 0.0505. The molecule has 0 radical (unpaired) electrons. The number of nitriles is 1. The molecule has 0 atom stereocenters. The van der Waals surface area contributed by atoms with Crippen molar-refractivity contribution in [1.29, 1.82) is 5.26 Å². The standard InChI is InChI=1S/C13H17N3O/c1-4-16(3)13(17)9-15-12-6-5-11(8-14)10(2)7-12/h5-7,15H,4,9H2,1-3H3. The van der Waals surface area contributed by atoms with Crippen molar-refractivity contribution in [2.75, 3.05) is 25.5 Å². The van der Waals surface area contributed by atoms with Gasteiger partial charge in [0.25, 0.3) is 0 Å². The van der Waals surface area contributed by atoms with Crippen LogP contribution in [0, 0.1) is 18.3 Å². The smallest absolute Gasteiger partial charge is 0.241 e. The molecule has 1 rings (SSSR count). The van der Waals surface area contributed by atoms with Crippen LogP contribution in [-0.4, -0.2) is 30.9 Å². The van der Waals surface area contributed by atoms with E-state index in [1.807, 2.05) is 26.0 Å². The lowest BCUT2D eigenvalue weighted by molar-refractivity contribution is -0.127. The highest BCUT2D eigenvalue weighted by Gasteiger charge is 2.06. The first-order valence-electron chi connectivity index (χ1n) is 5.57. The Kier molecular flexibility index (Phi) is 4.53. The summed E-state index contributed by atoms with van der Waals surface area (Å²) >= 11 is 0. The molecule has 0 aromatic heterocycles. The summed E-state index contributed by atoms with van der Waals surface area (Å²) in [6, 6.07) is 7.55. The minimum absolute atomic E-state index is 0.0505. The van der Waals surface area contributed by atoms with E-state index >= 15 is 0 Å². The third-order valence-electron chi connectivity index (χ3n) is 2.69. The molecule has 0 spiro atoms. The summed E-state index contributed by atoms with van der Waals surface area (Å²) in [7, 11) is 1.77. The van der Waals surface area contributed by atoms with Gasteiger partial charge in [0.1, 0.15) is 0 Å². The average molecular weight is 231 g/mol. The molecule has 0 heterocycles. The van der Waals surface area contributed by atoms with E-state index in [2.05, 4.69) is 11.4 Å². The number of carbonyl (C=O) groups is 1. The van der Waals surface area contributed by atoms with Crippen molar-refractivity contribution in [3.8, 4) is 6.07 Å². The highest BCUT2D eigenvalue weighted by molar-refractivity contribution is 5.80. The SMILES string of the molecule is CCN(C)C(=O)CNc1ccc(C#N)c(C)c1. The van der Waals surface area contributed by atoms with Gasteiger partial charge in [0.2, 0.25) is 5.91 Å². The van der Waals surface area contributed by atoms with Gasteiger partial charge in [-0.05, 0) is 37.6 Å². The van der Waals surface area contributed by atoms with Crippen molar-refractivity contribution in [1.82, 2.24) is 4.90 Å². The van der Waals surface area contributed by atoms with Crippen LogP contribution in [0.4, 0.5) is 5.69 Å². The Morgan fingerprint density at radius 3 is 2.76 bits per heavy atom. The van der Waals surface area contributed by atoms with E-state index in [9.17, 15) is 4.79 Å². The number of likely N-dealkylation sites (N-methyl/N-ethyl adjacent to an activating group) is 1. The van der Waals surface area contributed by atoms with Crippen molar-refractivity contribution >= 4 is 11.6 Å². The maximum atomic E-state index is 11.6. The first-order chi connectivity index (χ1) is 8.08. The van der Waals surface area contributed by atoms with Crippen LogP contribution in [0.25, 0.3) is 0 Å². The Bertz CT molecular complexity index is 448. The topological polar surface area (TPSA) is 56.1 Å². The molecule has 1 amide bonds. The van der Waals surface area contributed by atoms with Gasteiger partial charge in [-0.15, -0.1) is 0 Å². The summed E-state index contributed by atoms with van der Waals surface area (Å²) in [6.45, 7) is 4.79. The van der Waals surface area contributed by atoms with Crippen LogP contribution in [-0.2, 0) is 4.79 Å². The van der Waals surface area contributed by atoms with E-state index in [0.29, 0.717) is 12.1 Å². The van der Waals surface area contributed by atoms with Crippen LogP contribution >= 0.6 is 0 Å². The predicted molar refractivity (Wildman–Crippen MR) is 67.7 cm³/mol. The molecule has 4 nitrogen and oxygen atoms in total. The zero-order valence-electron chi connectivity index (χ0n) is 10.4. The van der Waals surface area contributed by atoms with E-state index in [1.165, 1.54) is 0 Å². The van der Waals surface area contributed by atoms with Crippen LogP contribution in [0.5, 0.6) is 0 Å². The van der Waals surface area contributed by atoms with E-state index in [0.717, 1.165) is 11.3 Å². The second-order valence-corrected chi connectivity index (χ2v) is 3.90. The maximum absolute atomic E-state index is 11.6. The second kappa shape index (κ2) is 5.90. The third-order valence-corrected chi connectivity index (χ3v) is 2.69. The quantitative estimate of drug-likeness (QED) is 0.859. The number of nitrogens with one attached hydrogen (secondary N) is 1. The summed E-state index contributed by atoms with van der Waals surface area (Å²) in [5.41, 5.74) is 2.43. The normalized spacial score (nSPS) is 9.53. The van der Waals surface area contributed by atoms with Crippen LogP contribution in [0.2, 0.25) is 0 Å². The maximum Gasteiger partial charge on any atom is 0.241 e. The fourth-order valence-corrected chi connectivity index (χ4v) is 1.39. The molecule has 90 valence electrons. The number of hydrogen-bond acceptors (Lipinski definition) is 3. The predicted octanol–water partition coefficient (Wildman–Crippen LogP) is 1.76. The first kappa shape index (κ1) is 13.0. The number of anilines is 1. The monoisotopic (exact) mass is 231 g/mol. The van der Waals surface area contributed by atoms with Gasteiger partial charge in [-0.3, -0.25) is 4.79 Å². The lowest BCUT2D eigenvalue weighted by Crippen LogP contribution is -2.31. The molecule has 1 aromatic carbocycles. The van der Waals surface area contributed by atoms with Crippen molar-refractivity contribution in [3.63, 3.8) is 0 Å². The third kappa shape index (κ3) is 3.49. The molecule has 1 aromatic rings. The second-order valence-electron chi connectivity index (χ2n) is 3.90.